The van der Waals surface area contributed by atoms with Crippen molar-refractivity contribution in [1.29, 1.82) is 0 Å². The van der Waals surface area contributed by atoms with Crippen molar-refractivity contribution in [3.63, 3.8) is 0 Å². The number of fused-ring (bicyclic) bond motifs is 1. The van der Waals surface area contributed by atoms with Crippen LogP contribution in [-0.4, -0.2) is 53.5 Å². The molecule has 7 heteroatoms. The van der Waals surface area contributed by atoms with Crippen molar-refractivity contribution in [2.24, 2.45) is 0 Å². The fourth-order valence-electron chi connectivity index (χ4n) is 4.93. The van der Waals surface area contributed by atoms with Gasteiger partial charge in [-0.2, -0.15) is 0 Å². The molecule has 1 N–H and O–H groups in total. The summed E-state index contributed by atoms with van der Waals surface area (Å²) in [6.45, 7) is 3.27. The molecule has 2 saturated heterocycles. The minimum Gasteiger partial charge on any atom is -0.497 e. The Hall–Kier alpha value is -3.06. The number of oxazole rings is 1. The van der Waals surface area contributed by atoms with Gasteiger partial charge in [0.05, 0.1) is 18.7 Å². The van der Waals surface area contributed by atoms with Gasteiger partial charge < -0.3 is 14.1 Å². The van der Waals surface area contributed by atoms with Crippen molar-refractivity contribution in [1.82, 2.24) is 14.8 Å². The van der Waals surface area contributed by atoms with Gasteiger partial charge in [-0.15, -0.1) is 0 Å². The van der Waals surface area contributed by atoms with Gasteiger partial charge in [0.2, 0.25) is 5.91 Å². The second kappa shape index (κ2) is 8.23. The van der Waals surface area contributed by atoms with Crippen molar-refractivity contribution in [2.45, 2.75) is 37.8 Å². The molecule has 2 fully saturated rings. The minimum atomic E-state index is -0.416. The first-order valence-electron chi connectivity index (χ1n) is 10.9. The van der Waals surface area contributed by atoms with Gasteiger partial charge in [0.25, 0.3) is 0 Å². The first-order chi connectivity index (χ1) is 15.1. The molecule has 0 unspecified atom stereocenters. The van der Waals surface area contributed by atoms with Crippen LogP contribution >= 0.6 is 0 Å². The minimum absolute atomic E-state index is 0.00984. The summed E-state index contributed by atoms with van der Waals surface area (Å²) in [7, 11) is 1.66. The van der Waals surface area contributed by atoms with Crippen LogP contribution in [0.5, 0.6) is 5.75 Å². The van der Waals surface area contributed by atoms with E-state index in [-0.39, 0.29) is 11.9 Å². The number of methoxy groups -OCH3 is 1. The standard InChI is InChI=1S/C24H27N3O4/c1-30-19-5-2-16(3-6-19)15-27-13-10-21(23(27)28)26-11-8-17(9-12-26)18-4-7-20-22(14-18)31-24(29)25-20/h2-7,14,17,21H,8-13,15H2,1H3,(H,25,29)/t21-/m1/s1. The molecule has 1 amide bonds. The molecule has 3 aromatic rings. The largest absolute Gasteiger partial charge is 0.497 e. The summed E-state index contributed by atoms with van der Waals surface area (Å²) >= 11 is 0. The number of nitrogens with zero attached hydrogens (tertiary/aromatic N) is 2. The summed E-state index contributed by atoms with van der Waals surface area (Å²) in [5.41, 5.74) is 3.68. The molecule has 7 nitrogen and oxygen atoms in total. The molecule has 2 aliphatic heterocycles. The maximum atomic E-state index is 13.0. The lowest BCUT2D eigenvalue weighted by molar-refractivity contribution is -0.133. The van der Waals surface area contributed by atoms with E-state index in [4.69, 9.17) is 9.15 Å². The van der Waals surface area contributed by atoms with E-state index < -0.39 is 5.76 Å². The van der Waals surface area contributed by atoms with Crippen LogP contribution in [0, 0.1) is 0 Å². The number of hydrogen-bond acceptors (Lipinski definition) is 5. The number of H-pyrrole nitrogens is 1. The molecule has 3 heterocycles. The smallest absolute Gasteiger partial charge is 0.417 e. The Morgan fingerprint density at radius 3 is 2.55 bits per heavy atom. The van der Waals surface area contributed by atoms with E-state index in [1.165, 1.54) is 5.56 Å². The third-order valence-electron chi connectivity index (χ3n) is 6.69. The molecule has 2 aliphatic rings. The zero-order valence-corrected chi connectivity index (χ0v) is 17.7. The van der Waals surface area contributed by atoms with Crippen LogP contribution in [0.25, 0.3) is 11.1 Å². The second-order valence-electron chi connectivity index (χ2n) is 8.49. The SMILES string of the molecule is COc1ccc(CN2CC[C@@H](N3CCC(c4ccc5[nH]c(=O)oc5c4)CC3)C2=O)cc1. The van der Waals surface area contributed by atoms with Gasteiger partial charge in [-0.05, 0) is 73.7 Å². The summed E-state index contributed by atoms with van der Waals surface area (Å²) in [6.07, 6.45) is 2.89. The Morgan fingerprint density at radius 1 is 1.03 bits per heavy atom. The molecule has 31 heavy (non-hydrogen) atoms. The highest BCUT2D eigenvalue weighted by molar-refractivity contribution is 5.84. The summed E-state index contributed by atoms with van der Waals surface area (Å²) in [5, 5.41) is 0. The highest BCUT2D eigenvalue weighted by Gasteiger charge is 2.37. The molecular formula is C24H27N3O4. The normalized spacial score (nSPS) is 20.6. The van der Waals surface area contributed by atoms with Gasteiger partial charge in [0.15, 0.2) is 5.58 Å². The van der Waals surface area contributed by atoms with Crippen LogP contribution in [0.2, 0.25) is 0 Å². The maximum Gasteiger partial charge on any atom is 0.417 e. The van der Waals surface area contributed by atoms with E-state index in [2.05, 4.69) is 16.0 Å². The van der Waals surface area contributed by atoms with E-state index in [1.54, 1.807) is 7.11 Å². The topological polar surface area (TPSA) is 78.8 Å². The highest BCUT2D eigenvalue weighted by atomic mass is 16.5. The Bertz CT molecular complexity index is 1130. The zero-order chi connectivity index (χ0) is 21.4. The quantitative estimate of drug-likeness (QED) is 0.685. The lowest BCUT2D eigenvalue weighted by Crippen LogP contribution is -2.45. The molecule has 0 radical (unpaired) electrons. The molecule has 1 atom stereocenters. The number of carbonyl (C=O) groups is 1. The van der Waals surface area contributed by atoms with Crippen LogP contribution in [0.1, 0.15) is 36.3 Å². The number of piperidine rings is 1. The summed E-state index contributed by atoms with van der Waals surface area (Å²) in [6, 6.07) is 13.9. The van der Waals surface area contributed by atoms with Gasteiger partial charge in [-0.1, -0.05) is 18.2 Å². The predicted molar refractivity (Wildman–Crippen MR) is 117 cm³/mol. The second-order valence-corrected chi connectivity index (χ2v) is 8.49. The van der Waals surface area contributed by atoms with E-state index in [0.29, 0.717) is 18.0 Å². The first kappa shape index (κ1) is 19.9. The van der Waals surface area contributed by atoms with Gasteiger partial charge in [0, 0.05) is 13.1 Å². The average Bonchev–Trinajstić information content (AvgIpc) is 3.35. The molecule has 0 bridgehead atoms. The molecule has 0 saturated carbocycles. The van der Waals surface area contributed by atoms with Gasteiger partial charge in [-0.3, -0.25) is 14.7 Å². The number of aromatic amines is 1. The Morgan fingerprint density at radius 2 is 1.81 bits per heavy atom. The monoisotopic (exact) mass is 421 g/mol. The number of carbonyl (C=O) groups excluding carboxylic acids is 1. The lowest BCUT2D eigenvalue weighted by atomic mass is 9.88. The Kier molecular flexibility index (Phi) is 5.28. The average molecular weight is 421 g/mol. The van der Waals surface area contributed by atoms with E-state index >= 15 is 0 Å². The highest BCUT2D eigenvalue weighted by Crippen LogP contribution is 2.32. The molecular weight excluding hydrogens is 394 g/mol. The summed E-state index contributed by atoms with van der Waals surface area (Å²) in [4.78, 5) is 31.5. The summed E-state index contributed by atoms with van der Waals surface area (Å²) < 4.78 is 10.4. The number of aromatic nitrogens is 1. The van der Waals surface area contributed by atoms with Crippen LogP contribution < -0.4 is 10.5 Å². The molecule has 1 aromatic heterocycles. The van der Waals surface area contributed by atoms with Crippen molar-refractivity contribution in [3.8, 4) is 5.75 Å². The molecule has 162 valence electrons. The molecule has 0 aliphatic carbocycles. The fourth-order valence-corrected chi connectivity index (χ4v) is 4.93. The van der Waals surface area contributed by atoms with Gasteiger partial charge in [0.1, 0.15) is 5.75 Å². The van der Waals surface area contributed by atoms with E-state index in [9.17, 15) is 9.59 Å². The molecule has 0 spiro atoms. The van der Waals surface area contributed by atoms with E-state index in [1.807, 2.05) is 41.3 Å². The van der Waals surface area contributed by atoms with Crippen LogP contribution in [0.4, 0.5) is 0 Å². The van der Waals surface area contributed by atoms with Gasteiger partial charge >= 0.3 is 5.76 Å². The van der Waals surface area contributed by atoms with Crippen molar-refractivity contribution < 1.29 is 13.9 Å². The predicted octanol–water partition coefficient (Wildman–Crippen LogP) is 3.11. The Balaban J connectivity index is 1.19. The maximum absolute atomic E-state index is 13.0. The summed E-state index contributed by atoms with van der Waals surface area (Å²) in [5.74, 6) is 1.08. The third kappa shape index (κ3) is 3.97. The van der Waals surface area contributed by atoms with Crippen molar-refractivity contribution in [2.75, 3.05) is 26.7 Å². The molecule has 5 rings (SSSR count). The van der Waals surface area contributed by atoms with Crippen molar-refractivity contribution in [3.05, 3.63) is 64.1 Å². The number of hydrogen-bond donors (Lipinski definition) is 1. The van der Waals surface area contributed by atoms with Crippen LogP contribution in [-0.2, 0) is 11.3 Å². The van der Waals surface area contributed by atoms with Crippen LogP contribution in [0.3, 0.4) is 0 Å². The van der Waals surface area contributed by atoms with Crippen LogP contribution in [0.15, 0.2) is 51.7 Å². The third-order valence-corrected chi connectivity index (χ3v) is 6.69. The first-order valence-corrected chi connectivity index (χ1v) is 10.9. The number of likely N-dealkylation sites (tertiary alicyclic amines) is 2. The Labute approximate surface area is 180 Å². The van der Waals surface area contributed by atoms with Gasteiger partial charge in [-0.25, -0.2) is 4.79 Å². The number of nitrogens with one attached hydrogen (secondary N) is 1. The number of ether oxygens (including phenoxy) is 1. The number of benzene rings is 2. The van der Waals surface area contributed by atoms with Crippen molar-refractivity contribution >= 4 is 17.0 Å². The number of amides is 1. The fraction of sp³-hybridized carbons (Fsp3) is 0.417. The lowest BCUT2D eigenvalue weighted by Gasteiger charge is -2.35. The zero-order valence-electron chi connectivity index (χ0n) is 17.7. The van der Waals surface area contributed by atoms with E-state index in [0.717, 1.165) is 55.7 Å². The molecule has 2 aromatic carbocycles. The number of rotatable bonds is 5.